The lowest BCUT2D eigenvalue weighted by atomic mass is 10.3. The minimum Gasteiger partial charge on any atom is -0.495 e. The Balaban J connectivity index is 1.74. The number of carbonyl (C=O) groups is 2. The summed E-state index contributed by atoms with van der Waals surface area (Å²) in [6.07, 6.45) is -0.238. The van der Waals surface area contributed by atoms with Gasteiger partial charge in [0.25, 0.3) is 5.91 Å². The maximum atomic E-state index is 12.2. The van der Waals surface area contributed by atoms with Crippen molar-refractivity contribution in [3.8, 4) is 11.5 Å². The van der Waals surface area contributed by atoms with Gasteiger partial charge in [0.1, 0.15) is 11.5 Å². The molecule has 0 fully saturated rings. The third kappa shape index (κ3) is 7.74. The van der Waals surface area contributed by atoms with Gasteiger partial charge >= 0.3 is 5.97 Å². The van der Waals surface area contributed by atoms with E-state index in [2.05, 4.69) is 10.0 Å². The first kappa shape index (κ1) is 24.4. The molecule has 9 nitrogen and oxygen atoms in total. The number of amides is 1. The highest BCUT2D eigenvalue weighted by Gasteiger charge is 2.15. The lowest BCUT2D eigenvalue weighted by Gasteiger charge is -2.09. The molecule has 0 aliphatic rings. The van der Waals surface area contributed by atoms with E-state index >= 15 is 0 Å². The summed E-state index contributed by atoms with van der Waals surface area (Å²) in [5, 5.41) is 2.84. The van der Waals surface area contributed by atoms with Crippen LogP contribution in [-0.2, 0) is 24.3 Å². The van der Waals surface area contributed by atoms with Gasteiger partial charge in [0.2, 0.25) is 10.0 Å². The molecule has 2 rings (SSSR count). The average Bonchev–Trinajstić information content (AvgIpc) is 2.73. The molecule has 0 aliphatic heterocycles. The van der Waals surface area contributed by atoms with Crippen molar-refractivity contribution in [3.05, 3.63) is 47.5 Å². The molecule has 31 heavy (non-hydrogen) atoms. The molecule has 0 atom stereocenters. The Hall–Kier alpha value is -2.82. The van der Waals surface area contributed by atoms with E-state index < -0.39 is 28.5 Å². The second kappa shape index (κ2) is 11.5. The number of halogens is 1. The van der Waals surface area contributed by atoms with E-state index in [0.717, 1.165) is 0 Å². The predicted molar refractivity (Wildman–Crippen MR) is 115 cm³/mol. The second-order valence-corrected chi connectivity index (χ2v) is 8.28. The molecule has 2 aromatic carbocycles. The van der Waals surface area contributed by atoms with Crippen molar-refractivity contribution in [3.63, 3.8) is 0 Å². The molecule has 0 saturated heterocycles. The van der Waals surface area contributed by atoms with E-state index in [9.17, 15) is 18.0 Å². The molecule has 0 aliphatic carbocycles. The van der Waals surface area contributed by atoms with Crippen LogP contribution in [-0.4, -0.2) is 47.2 Å². The Kier molecular flexibility index (Phi) is 9.10. The first-order valence-corrected chi connectivity index (χ1v) is 11.1. The number of nitrogens with one attached hydrogen (secondary N) is 2. The monoisotopic (exact) mass is 470 g/mol. The topological polar surface area (TPSA) is 120 Å². The Bertz CT molecular complexity index is 1010. The van der Waals surface area contributed by atoms with Crippen LogP contribution >= 0.6 is 11.6 Å². The van der Waals surface area contributed by atoms with Gasteiger partial charge in [0.15, 0.2) is 6.61 Å². The molecule has 1 amide bonds. The molecular formula is C20H23ClN2O7S. The smallest absolute Gasteiger partial charge is 0.307 e. The number of esters is 1. The Morgan fingerprint density at radius 1 is 1.10 bits per heavy atom. The summed E-state index contributed by atoms with van der Waals surface area (Å²) < 4.78 is 41.9. The van der Waals surface area contributed by atoms with Crippen molar-refractivity contribution < 1.29 is 32.2 Å². The van der Waals surface area contributed by atoms with Gasteiger partial charge in [-0.1, -0.05) is 11.6 Å². The van der Waals surface area contributed by atoms with Crippen LogP contribution in [0.15, 0.2) is 47.4 Å². The summed E-state index contributed by atoms with van der Waals surface area (Å²) in [5.74, 6) is -0.277. The maximum Gasteiger partial charge on any atom is 0.307 e. The highest BCUT2D eigenvalue weighted by molar-refractivity contribution is 7.89. The summed E-state index contributed by atoms with van der Waals surface area (Å²) in [6.45, 7) is 1.60. The number of carbonyl (C=O) groups excluding carboxylic acids is 2. The van der Waals surface area contributed by atoms with Gasteiger partial charge in [0, 0.05) is 12.2 Å². The van der Waals surface area contributed by atoms with Crippen molar-refractivity contribution in [1.82, 2.24) is 4.72 Å². The molecular weight excluding hydrogens is 448 g/mol. The number of benzene rings is 2. The number of anilines is 1. The number of methoxy groups -OCH3 is 1. The van der Waals surface area contributed by atoms with Crippen molar-refractivity contribution >= 4 is 39.2 Å². The van der Waals surface area contributed by atoms with Crippen molar-refractivity contribution in [2.75, 3.05) is 32.2 Å². The van der Waals surface area contributed by atoms with Crippen LogP contribution in [0.3, 0.4) is 0 Å². The number of ether oxygens (including phenoxy) is 3. The zero-order valence-corrected chi connectivity index (χ0v) is 18.6. The van der Waals surface area contributed by atoms with Crippen molar-refractivity contribution in [2.24, 2.45) is 0 Å². The molecule has 0 spiro atoms. The summed E-state index contributed by atoms with van der Waals surface area (Å²) in [7, 11) is -2.32. The minimum atomic E-state index is -3.78. The molecule has 0 bridgehead atoms. The molecule has 0 unspecified atom stereocenters. The highest BCUT2D eigenvalue weighted by atomic mass is 35.5. The van der Waals surface area contributed by atoms with Gasteiger partial charge in [-0.15, -0.1) is 0 Å². The van der Waals surface area contributed by atoms with E-state index in [1.54, 1.807) is 24.3 Å². The summed E-state index contributed by atoms with van der Waals surface area (Å²) in [6, 6.07) is 10.6. The van der Waals surface area contributed by atoms with Crippen LogP contribution in [0.25, 0.3) is 0 Å². The first-order valence-electron chi connectivity index (χ1n) is 9.26. The summed E-state index contributed by atoms with van der Waals surface area (Å²) in [4.78, 5) is 23.7. The Labute approximate surface area is 185 Å². The molecule has 11 heteroatoms. The molecule has 0 heterocycles. The third-order valence-corrected chi connectivity index (χ3v) is 5.64. The second-order valence-electron chi connectivity index (χ2n) is 6.11. The Morgan fingerprint density at radius 2 is 1.81 bits per heavy atom. The van der Waals surface area contributed by atoms with Crippen LogP contribution in [0.5, 0.6) is 11.5 Å². The summed E-state index contributed by atoms with van der Waals surface area (Å²) in [5.41, 5.74) is 0.412. The van der Waals surface area contributed by atoms with Gasteiger partial charge in [-0.2, -0.15) is 0 Å². The first-order chi connectivity index (χ1) is 14.7. The fourth-order valence-corrected chi connectivity index (χ4v) is 3.70. The molecule has 0 radical (unpaired) electrons. The maximum absolute atomic E-state index is 12.2. The van der Waals surface area contributed by atoms with Crippen LogP contribution in [0, 0.1) is 0 Å². The molecule has 0 saturated carbocycles. The number of sulfonamides is 1. The standard InChI is InChI=1S/C20H23ClN2O7S/c1-3-29-15-5-7-16(8-6-15)31(26,27)22-11-10-20(25)30-13-19(24)23-14-4-9-18(28-2)17(21)12-14/h4-9,12,22H,3,10-11,13H2,1-2H3,(H,23,24). The normalized spacial score (nSPS) is 10.9. The highest BCUT2D eigenvalue weighted by Crippen LogP contribution is 2.27. The quantitative estimate of drug-likeness (QED) is 0.484. The van der Waals surface area contributed by atoms with Gasteiger partial charge in [-0.25, -0.2) is 13.1 Å². The van der Waals surface area contributed by atoms with Crippen LogP contribution < -0.4 is 19.5 Å². The largest absolute Gasteiger partial charge is 0.495 e. The Morgan fingerprint density at radius 3 is 2.42 bits per heavy atom. The SMILES string of the molecule is CCOc1ccc(S(=O)(=O)NCCC(=O)OCC(=O)Nc2ccc(OC)c(Cl)c2)cc1. The van der Waals surface area contributed by atoms with Crippen LogP contribution in [0.2, 0.25) is 5.02 Å². The minimum absolute atomic E-state index is 0.0434. The average molecular weight is 471 g/mol. The predicted octanol–water partition coefficient (Wildman–Crippen LogP) is 2.60. The zero-order valence-electron chi connectivity index (χ0n) is 17.0. The summed E-state index contributed by atoms with van der Waals surface area (Å²) >= 11 is 5.98. The third-order valence-electron chi connectivity index (χ3n) is 3.87. The van der Waals surface area contributed by atoms with Gasteiger partial charge < -0.3 is 19.5 Å². The van der Waals surface area contributed by atoms with E-state index in [-0.39, 0.29) is 17.9 Å². The molecule has 168 valence electrons. The van der Waals surface area contributed by atoms with E-state index in [1.165, 1.54) is 25.3 Å². The zero-order chi connectivity index (χ0) is 22.9. The van der Waals surface area contributed by atoms with E-state index in [4.69, 9.17) is 25.8 Å². The van der Waals surface area contributed by atoms with Crippen molar-refractivity contribution in [2.45, 2.75) is 18.2 Å². The molecule has 2 N–H and O–H groups in total. The number of hydrogen-bond donors (Lipinski definition) is 2. The lowest BCUT2D eigenvalue weighted by molar-refractivity contribution is -0.147. The fourth-order valence-electron chi connectivity index (χ4n) is 2.41. The van der Waals surface area contributed by atoms with Crippen molar-refractivity contribution in [1.29, 1.82) is 0 Å². The van der Waals surface area contributed by atoms with Crippen LogP contribution in [0.4, 0.5) is 5.69 Å². The molecule has 0 aromatic heterocycles. The van der Waals surface area contributed by atoms with E-state index in [0.29, 0.717) is 28.8 Å². The fraction of sp³-hybridized carbons (Fsp3) is 0.300. The van der Waals surface area contributed by atoms with E-state index in [1.807, 2.05) is 6.92 Å². The lowest BCUT2D eigenvalue weighted by Crippen LogP contribution is -2.28. The number of hydrogen-bond acceptors (Lipinski definition) is 7. The van der Waals surface area contributed by atoms with Crippen LogP contribution in [0.1, 0.15) is 13.3 Å². The van der Waals surface area contributed by atoms with Gasteiger partial charge in [-0.3, -0.25) is 9.59 Å². The van der Waals surface area contributed by atoms with Gasteiger partial charge in [0.05, 0.1) is 30.1 Å². The molecule has 2 aromatic rings. The van der Waals surface area contributed by atoms with Gasteiger partial charge in [-0.05, 0) is 49.4 Å². The number of rotatable bonds is 11.